The summed E-state index contributed by atoms with van der Waals surface area (Å²) in [6.45, 7) is -0.141. The highest BCUT2D eigenvalue weighted by Crippen LogP contribution is 2.22. The Hall–Kier alpha value is -2.04. The van der Waals surface area contributed by atoms with Gasteiger partial charge in [-0.25, -0.2) is 0 Å². The summed E-state index contributed by atoms with van der Waals surface area (Å²) in [5, 5.41) is 12.8. The predicted octanol–water partition coefficient (Wildman–Crippen LogP) is 3.41. The molecule has 0 unspecified atom stereocenters. The number of benzene rings is 2. The molecule has 2 N–H and O–H groups in total. The van der Waals surface area contributed by atoms with Gasteiger partial charge in [-0.15, -0.1) is 0 Å². The van der Waals surface area contributed by atoms with Gasteiger partial charge in [-0.2, -0.15) is 0 Å². The Kier molecular flexibility index (Phi) is 5.81. The van der Waals surface area contributed by atoms with E-state index in [-0.39, 0.29) is 12.5 Å². The van der Waals surface area contributed by atoms with Gasteiger partial charge >= 0.3 is 0 Å². The third kappa shape index (κ3) is 4.48. The highest BCUT2D eigenvalue weighted by Gasteiger charge is 2.07. The number of aryl methyl sites for hydroxylation is 1. The van der Waals surface area contributed by atoms with Crippen LogP contribution < -0.4 is 10.1 Å². The molecule has 0 saturated carbocycles. The van der Waals surface area contributed by atoms with E-state index in [1.54, 1.807) is 25.3 Å². The summed E-state index contributed by atoms with van der Waals surface area (Å²) < 4.78 is 5.13. The van der Waals surface area contributed by atoms with Crippen molar-refractivity contribution in [3.05, 3.63) is 58.6 Å². The maximum absolute atomic E-state index is 12.0. The number of amides is 1. The molecular weight excluding hydrogens is 302 g/mol. The molecule has 0 saturated heterocycles. The van der Waals surface area contributed by atoms with Crippen LogP contribution in [0.4, 0.5) is 5.69 Å². The molecular formula is C17H18ClNO3. The fourth-order valence-corrected chi connectivity index (χ4v) is 2.24. The van der Waals surface area contributed by atoms with Crippen molar-refractivity contribution < 1.29 is 14.6 Å². The molecule has 0 aromatic heterocycles. The third-order valence-electron chi connectivity index (χ3n) is 3.29. The molecule has 0 fully saturated rings. The molecule has 2 aromatic rings. The van der Waals surface area contributed by atoms with E-state index in [0.717, 1.165) is 5.56 Å². The number of carbonyl (C=O) groups is 1. The summed E-state index contributed by atoms with van der Waals surface area (Å²) >= 11 is 5.83. The van der Waals surface area contributed by atoms with Gasteiger partial charge in [-0.1, -0.05) is 23.7 Å². The van der Waals surface area contributed by atoms with Gasteiger partial charge in [0, 0.05) is 22.7 Å². The molecule has 116 valence electrons. The minimum absolute atomic E-state index is 0.0796. The van der Waals surface area contributed by atoms with Crippen LogP contribution in [0.1, 0.15) is 17.5 Å². The smallest absolute Gasteiger partial charge is 0.224 e. The van der Waals surface area contributed by atoms with Crippen molar-refractivity contribution in [2.75, 3.05) is 12.4 Å². The number of aliphatic hydroxyl groups is 1. The zero-order valence-corrected chi connectivity index (χ0v) is 13.1. The van der Waals surface area contributed by atoms with Gasteiger partial charge in [-0.05, 0) is 42.3 Å². The number of anilines is 1. The van der Waals surface area contributed by atoms with E-state index < -0.39 is 0 Å². The summed E-state index contributed by atoms with van der Waals surface area (Å²) in [7, 11) is 1.54. The first-order valence-corrected chi connectivity index (χ1v) is 7.32. The van der Waals surface area contributed by atoms with Crippen LogP contribution in [0.5, 0.6) is 5.75 Å². The topological polar surface area (TPSA) is 58.6 Å². The lowest BCUT2D eigenvalue weighted by Crippen LogP contribution is -2.12. The number of aliphatic hydroxyl groups excluding tert-OH is 1. The molecule has 0 bridgehead atoms. The zero-order valence-electron chi connectivity index (χ0n) is 12.3. The first kappa shape index (κ1) is 16.3. The van der Waals surface area contributed by atoms with E-state index in [1.807, 2.05) is 24.3 Å². The summed E-state index contributed by atoms with van der Waals surface area (Å²) in [6.07, 6.45) is 1.02. The number of hydrogen-bond donors (Lipinski definition) is 2. The lowest BCUT2D eigenvalue weighted by Gasteiger charge is -2.10. The summed E-state index contributed by atoms with van der Waals surface area (Å²) in [5.41, 5.74) is 2.34. The van der Waals surface area contributed by atoms with Crippen molar-refractivity contribution in [1.82, 2.24) is 0 Å². The van der Waals surface area contributed by atoms with Crippen LogP contribution in [0.15, 0.2) is 42.5 Å². The normalized spacial score (nSPS) is 10.3. The minimum atomic E-state index is -0.141. The second-order valence-corrected chi connectivity index (χ2v) is 5.30. The second-order valence-electron chi connectivity index (χ2n) is 4.86. The average Bonchev–Trinajstić information content (AvgIpc) is 2.54. The number of carbonyl (C=O) groups excluding carboxylic acids is 1. The number of ether oxygens (including phenoxy) is 1. The fraction of sp³-hybridized carbons (Fsp3) is 0.235. The highest BCUT2D eigenvalue weighted by molar-refractivity contribution is 6.30. The maximum atomic E-state index is 12.0. The fourth-order valence-electron chi connectivity index (χ4n) is 2.11. The van der Waals surface area contributed by atoms with Crippen molar-refractivity contribution in [2.45, 2.75) is 19.4 Å². The van der Waals surface area contributed by atoms with E-state index in [1.165, 1.54) is 0 Å². The van der Waals surface area contributed by atoms with E-state index in [0.29, 0.717) is 34.9 Å². The summed E-state index contributed by atoms with van der Waals surface area (Å²) in [5.74, 6) is 0.519. The zero-order chi connectivity index (χ0) is 15.9. The van der Waals surface area contributed by atoms with Crippen LogP contribution in [-0.2, 0) is 17.8 Å². The van der Waals surface area contributed by atoms with Gasteiger partial charge in [0.15, 0.2) is 0 Å². The molecule has 5 heteroatoms. The molecule has 22 heavy (non-hydrogen) atoms. The minimum Gasteiger partial charge on any atom is -0.496 e. The van der Waals surface area contributed by atoms with Gasteiger partial charge in [0.05, 0.1) is 13.7 Å². The van der Waals surface area contributed by atoms with Crippen molar-refractivity contribution >= 4 is 23.2 Å². The number of rotatable bonds is 6. The van der Waals surface area contributed by atoms with Gasteiger partial charge in [0.2, 0.25) is 5.91 Å². The van der Waals surface area contributed by atoms with E-state index in [4.69, 9.17) is 16.3 Å². The molecule has 0 aliphatic rings. The summed E-state index contributed by atoms with van der Waals surface area (Å²) in [6, 6.07) is 12.6. The van der Waals surface area contributed by atoms with Crippen molar-refractivity contribution in [3.63, 3.8) is 0 Å². The first-order valence-electron chi connectivity index (χ1n) is 6.94. The summed E-state index contributed by atoms with van der Waals surface area (Å²) in [4.78, 5) is 12.0. The molecule has 0 spiro atoms. The largest absolute Gasteiger partial charge is 0.496 e. The van der Waals surface area contributed by atoms with E-state index >= 15 is 0 Å². The van der Waals surface area contributed by atoms with Crippen LogP contribution in [0.2, 0.25) is 5.02 Å². The Labute approximate surface area is 134 Å². The Bertz CT molecular complexity index is 641. The van der Waals surface area contributed by atoms with Crippen LogP contribution in [0.3, 0.4) is 0 Å². The number of methoxy groups -OCH3 is 1. The standard InChI is InChI=1S/C17H18ClNO3/c1-22-16-8-7-15(10-13(16)11-20)19-17(21)9-4-12-2-5-14(18)6-3-12/h2-3,5-8,10,20H,4,9,11H2,1H3,(H,19,21). The first-order chi connectivity index (χ1) is 10.6. The van der Waals surface area contributed by atoms with Gasteiger partial charge in [-0.3, -0.25) is 4.79 Å². The lowest BCUT2D eigenvalue weighted by atomic mass is 10.1. The molecule has 4 nitrogen and oxygen atoms in total. The molecule has 0 heterocycles. The van der Waals surface area contributed by atoms with Crippen LogP contribution in [0.25, 0.3) is 0 Å². The number of nitrogens with one attached hydrogen (secondary N) is 1. The average molecular weight is 320 g/mol. The molecule has 0 aliphatic carbocycles. The Morgan fingerprint density at radius 2 is 1.95 bits per heavy atom. The molecule has 0 radical (unpaired) electrons. The molecule has 0 aliphatic heterocycles. The van der Waals surface area contributed by atoms with Crippen LogP contribution >= 0.6 is 11.6 Å². The highest BCUT2D eigenvalue weighted by atomic mass is 35.5. The SMILES string of the molecule is COc1ccc(NC(=O)CCc2ccc(Cl)cc2)cc1CO. The van der Waals surface area contributed by atoms with Crippen molar-refractivity contribution in [1.29, 1.82) is 0 Å². The molecule has 2 rings (SSSR count). The molecule has 2 aromatic carbocycles. The van der Waals surface area contributed by atoms with Crippen LogP contribution in [-0.4, -0.2) is 18.1 Å². The van der Waals surface area contributed by atoms with Gasteiger partial charge in [0.25, 0.3) is 0 Å². The lowest BCUT2D eigenvalue weighted by molar-refractivity contribution is -0.116. The Morgan fingerprint density at radius 3 is 2.59 bits per heavy atom. The van der Waals surface area contributed by atoms with Gasteiger partial charge < -0.3 is 15.2 Å². The van der Waals surface area contributed by atoms with Crippen LogP contribution in [0, 0.1) is 0 Å². The Morgan fingerprint density at radius 1 is 1.23 bits per heavy atom. The Balaban J connectivity index is 1.93. The quantitative estimate of drug-likeness (QED) is 0.857. The number of halogens is 1. The predicted molar refractivity (Wildman–Crippen MR) is 87.3 cm³/mol. The van der Waals surface area contributed by atoms with Gasteiger partial charge in [0.1, 0.15) is 5.75 Å². The maximum Gasteiger partial charge on any atom is 0.224 e. The van der Waals surface area contributed by atoms with Crippen molar-refractivity contribution in [3.8, 4) is 5.75 Å². The third-order valence-corrected chi connectivity index (χ3v) is 3.54. The second kappa shape index (κ2) is 7.82. The van der Waals surface area contributed by atoms with Crippen molar-refractivity contribution in [2.24, 2.45) is 0 Å². The van der Waals surface area contributed by atoms with E-state index in [9.17, 15) is 9.90 Å². The monoisotopic (exact) mass is 319 g/mol. The number of hydrogen-bond acceptors (Lipinski definition) is 3. The molecule has 1 amide bonds. The van der Waals surface area contributed by atoms with E-state index in [2.05, 4.69) is 5.32 Å². The molecule has 0 atom stereocenters.